The van der Waals surface area contributed by atoms with Gasteiger partial charge < -0.3 is 10.5 Å². The summed E-state index contributed by atoms with van der Waals surface area (Å²) in [6, 6.07) is 1.84. The molecule has 0 spiro atoms. The lowest BCUT2D eigenvalue weighted by Gasteiger charge is -2.05. The van der Waals surface area contributed by atoms with E-state index in [2.05, 4.69) is 4.98 Å². The molecular formula is C12H17N3O3S. The van der Waals surface area contributed by atoms with Crippen molar-refractivity contribution in [1.29, 1.82) is 0 Å². The maximum Gasteiger partial charge on any atom is 0.329 e. The quantitative estimate of drug-likeness (QED) is 0.746. The summed E-state index contributed by atoms with van der Waals surface area (Å²) < 4.78 is 6.37. The second kappa shape index (κ2) is 6.14. The number of hydrogen-bond acceptors (Lipinski definition) is 5. The molecule has 2 rings (SSSR count). The Hall–Kier alpha value is -1.44. The standard InChI is InChI=1S/C12H17N3O3S/c1-2-8-7-9-10(19-8)14-12(17)15(11(9)16)4-6-18-5-3-13/h7H,2-6,13H2,1H3,(H,14,17). The van der Waals surface area contributed by atoms with Crippen molar-refractivity contribution in [2.45, 2.75) is 19.9 Å². The highest BCUT2D eigenvalue weighted by molar-refractivity contribution is 7.18. The van der Waals surface area contributed by atoms with Crippen molar-refractivity contribution in [3.63, 3.8) is 0 Å². The van der Waals surface area contributed by atoms with E-state index in [-0.39, 0.29) is 12.1 Å². The lowest BCUT2D eigenvalue weighted by Crippen LogP contribution is -2.36. The van der Waals surface area contributed by atoms with Crippen LogP contribution in [0.25, 0.3) is 10.2 Å². The number of ether oxygens (including phenoxy) is 1. The summed E-state index contributed by atoms with van der Waals surface area (Å²) in [5.41, 5.74) is 4.65. The molecule has 6 nitrogen and oxygen atoms in total. The average molecular weight is 283 g/mol. The van der Waals surface area contributed by atoms with Crippen LogP contribution in [-0.4, -0.2) is 29.3 Å². The first-order valence-electron chi connectivity index (χ1n) is 6.20. The molecule has 7 heteroatoms. The van der Waals surface area contributed by atoms with E-state index in [1.165, 1.54) is 15.9 Å². The average Bonchev–Trinajstić information content (AvgIpc) is 2.81. The summed E-state index contributed by atoms with van der Waals surface area (Å²) in [4.78, 5) is 28.5. The van der Waals surface area contributed by atoms with E-state index < -0.39 is 5.69 Å². The second-order valence-electron chi connectivity index (χ2n) is 4.10. The van der Waals surface area contributed by atoms with Crippen molar-refractivity contribution in [1.82, 2.24) is 9.55 Å². The first kappa shape index (κ1) is 14.0. The molecule has 2 heterocycles. The first-order chi connectivity index (χ1) is 9.17. The van der Waals surface area contributed by atoms with Crippen molar-refractivity contribution in [3.8, 4) is 0 Å². The molecule has 0 aromatic carbocycles. The van der Waals surface area contributed by atoms with E-state index in [0.29, 0.717) is 30.0 Å². The lowest BCUT2D eigenvalue weighted by atomic mass is 10.3. The molecule has 0 radical (unpaired) electrons. The zero-order chi connectivity index (χ0) is 13.8. The molecule has 19 heavy (non-hydrogen) atoms. The summed E-state index contributed by atoms with van der Waals surface area (Å²) in [6.45, 7) is 3.40. The predicted molar refractivity (Wildman–Crippen MR) is 76.0 cm³/mol. The number of aryl methyl sites for hydroxylation is 1. The maximum atomic E-state index is 12.2. The zero-order valence-electron chi connectivity index (χ0n) is 10.8. The van der Waals surface area contributed by atoms with Gasteiger partial charge in [-0.15, -0.1) is 11.3 Å². The Bertz CT molecular complexity index is 671. The van der Waals surface area contributed by atoms with Crippen LogP contribution >= 0.6 is 11.3 Å². The van der Waals surface area contributed by atoms with Gasteiger partial charge in [0.25, 0.3) is 5.56 Å². The normalized spacial score (nSPS) is 11.3. The number of aromatic nitrogens is 2. The number of hydrogen-bond donors (Lipinski definition) is 2. The van der Waals surface area contributed by atoms with Gasteiger partial charge in [0.15, 0.2) is 0 Å². The highest BCUT2D eigenvalue weighted by Gasteiger charge is 2.10. The van der Waals surface area contributed by atoms with Crippen molar-refractivity contribution >= 4 is 21.6 Å². The van der Waals surface area contributed by atoms with Crippen LogP contribution in [-0.2, 0) is 17.7 Å². The summed E-state index contributed by atoms with van der Waals surface area (Å²) in [6.07, 6.45) is 0.848. The van der Waals surface area contributed by atoms with Gasteiger partial charge in [0.2, 0.25) is 0 Å². The summed E-state index contributed by atoms with van der Waals surface area (Å²) in [5.74, 6) is 0. The van der Waals surface area contributed by atoms with E-state index in [0.717, 1.165) is 11.3 Å². The Kier molecular flexibility index (Phi) is 4.52. The van der Waals surface area contributed by atoms with Crippen molar-refractivity contribution < 1.29 is 4.74 Å². The van der Waals surface area contributed by atoms with Crippen LogP contribution < -0.4 is 17.0 Å². The van der Waals surface area contributed by atoms with Gasteiger partial charge in [0, 0.05) is 11.4 Å². The van der Waals surface area contributed by atoms with E-state index in [1.54, 1.807) is 0 Å². The van der Waals surface area contributed by atoms with Crippen LogP contribution in [0, 0.1) is 0 Å². The number of fused-ring (bicyclic) bond motifs is 1. The van der Waals surface area contributed by atoms with Gasteiger partial charge in [-0.05, 0) is 12.5 Å². The molecule has 0 saturated heterocycles. The molecule has 0 aliphatic rings. The minimum absolute atomic E-state index is 0.238. The van der Waals surface area contributed by atoms with E-state index in [9.17, 15) is 9.59 Å². The minimum atomic E-state index is -0.390. The molecule has 0 bridgehead atoms. The third-order valence-electron chi connectivity index (χ3n) is 2.79. The number of rotatable bonds is 6. The molecule has 2 aromatic rings. The third-order valence-corrected chi connectivity index (χ3v) is 3.99. The molecule has 0 atom stereocenters. The number of aromatic amines is 1. The third kappa shape index (κ3) is 2.94. The Morgan fingerprint density at radius 3 is 2.89 bits per heavy atom. The van der Waals surface area contributed by atoms with Crippen LogP contribution in [0.4, 0.5) is 0 Å². The van der Waals surface area contributed by atoms with Crippen LogP contribution in [0.1, 0.15) is 11.8 Å². The Labute approximate surface area is 113 Å². The summed E-state index contributed by atoms with van der Waals surface area (Å²) in [5, 5.41) is 0.570. The van der Waals surface area contributed by atoms with Gasteiger partial charge in [-0.1, -0.05) is 6.92 Å². The molecule has 0 fully saturated rings. The monoisotopic (exact) mass is 283 g/mol. The summed E-state index contributed by atoms with van der Waals surface area (Å²) in [7, 11) is 0. The number of H-pyrrole nitrogens is 1. The van der Waals surface area contributed by atoms with Crippen LogP contribution in [0.15, 0.2) is 15.7 Å². The van der Waals surface area contributed by atoms with Gasteiger partial charge in [0.05, 0.1) is 25.1 Å². The van der Waals surface area contributed by atoms with Crippen molar-refractivity contribution in [2.24, 2.45) is 5.73 Å². The molecule has 0 amide bonds. The molecule has 3 N–H and O–H groups in total. The van der Waals surface area contributed by atoms with Crippen molar-refractivity contribution in [3.05, 3.63) is 31.8 Å². The minimum Gasteiger partial charge on any atom is -0.378 e. The highest BCUT2D eigenvalue weighted by Crippen LogP contribution is 2.20. The van der Waals surface area contributed by atoms with E-state index in [1.807, 2.05) is 13.0 Å². The number of nitrogens with two attached hydrogens (primary N) is 1. The first-order valence-corrected chi connectivity index (χ1v) is 7.02. The molecule has 104 valence electrons. The van der Waals surface area contributed by atoms with Crippen LogP contribution in [0.3, 0.4) is 0 Å². The zero-order valence-corrected chi connectivity index (χ0v) is 11.6. The van der Waals surface area contributed by atoms with Crippen LogP contribution in [0.5, 0.6) is 0 Å². The highest BCUT2D eigenvalue weighted by atomic mass is 32.1. The molecule has 0 unspecified atom stereocenters. The number of nitrogens with zero attached hydrogens (tertiary/aromatic N) is 1. The smallest absolute Gasteiger partial charge is 0.329 e. The largest absolute Gasteiger partial charge is 0.378 e. The van der Waals surface area contributed by atoms with E-state index >= 15 is 0 Å². The number of thiophene rings is 1. The van der Waals surface area contributed by atoms with Crippen LogP contribution in [0.2, 0.25) is 0 Å². The van der Waals surface area contributed by atoms with Gasteiger partial charge in [0.1, 0.15) is 4.83 Å². The fraction of sp³-hybridized carbons (Fsp3) is 0.500. The molecule has 0 aliphatic heterocycles. The number of nitrogens with one attached hydrogen (secondary N) is 1. The van der Waals surface area contributed by atoms with Gasteiger partial charge in [-0.25, -0.2) is 4.79 Å². The summed E-state index contributed by atoms with van der Waals surface area (Å²) >= 11 is 1.45. The SMILES string of the molecule is CCc1cc2c(=O)n(CCOCCN)c(=O)[nH]c2s1. The Balaban J connectivity index is 2.33. The van der Waals surface area contributed by atoms with Gasteiger partial charge in [-0.3, -0.25) is 14.3 Å². The van der Waals surface area contributed by atoms with Gasteiger partial charge >= 0.3 is 5.69 Å². The Morgan fingerprint density at radius 2 is 2.21 bits per heavy atom. The van der Waals surface area contributed by atoms with E-state index in [4.69, 9.17) is 10.5 Å². The maximum absolute atomic E-state index is 12.2. The topological polar surface area (TPSA) is 90.1 Å². The fourth-order valence-electron chi connectivity index (χ4n) is 1.81. The predicted octanol–water partition coefficient (Wildman–Crippen LogP) is 0.289. The second-order valence-corrected chi connectivity index (χ2v) is 5.23. The molecule has 2 aromatic heterocycles. The molecule has 0 saturated carbocycles. The van der Waals surface area contributed by atoms with Gasteiger partial charge in [-0.2, -0.15) is 0 Å². The fourth-order valence-corrected chi connectivity index (χ4v) is 2.79. The molecular weight excluding hydrogens is 266 g/mol. The lowest BCUT2D eigenvalue weighted by molar-refractivity contribution is 0.132. The van der Waals surface area contributed by atoms with Crippen molar-refractivity contribution in [2.75, 3.05) is 19.8 Å². The Morgan fingerprint density at radius 1 is 1.42 bits per heavy atom. The molecule has 0 aliphatic carbocycles.